The van der Waals surface area contributed by atoms with Gasteiger partial charge in [0.1, 0.15) is 23.7 Å². The zero-order chi connectivity index (χ0) is 29.3. The summed E-state index contributed by atoms with van der Waals surface area (Å²) in [5, 5.41) is 16.0. The van der Waals surface area contributed by atoms with Crippen LogP contribution < -0.4 is 15.0 Å². The van der Waals surface area contributed by atoms with Crippen LogP contribution in [0.2, 0.25) is 0 Å². The van der Waals surface area contributed by atoms with Crippen LogP contribution in [0.5, 0.6) is 11.8 Å². The minimum atomic E-state index is -2.78. The first kappa shape index (κ1) is 26.9. The van der Waals surface area contributed by atoms with Gasteiger partial charge in [-0.05, 0) is 53.9 Å². The number of aromatic hydroxyl groups is 1. The molecule has 2 N–H and O–H groups in total. The summed E-state index contributed by atoms with van der Waals surface area (Å²) in [6, 6.07) is 14.1. The average Bonchev–Trinajstić information content (AvgIpc) is 3.47. The number of aromatic nitrogens is 2. The van der Waals surface area contributed by atoms with E-state index in [1.54, 1.807) is 18.2 Å². The Morgan fingerprint density at radius 3 is 2.67 bits per heavy atom. The van der Waals surface area contributed by atoms with Crippen molar-refractivity contribution in [3.05, 3.63) is 54.3 Å². The van der Waals surface area contributed by atoms with Crippen LogP contribution >= 0.6 is 0 Å². The molecule has 4 fully saturated rings. The molecule has 1 unspecified atom stereocenters. The molecule has 0 saturated carbocycles. The van der Waals surface area contributed by atoms with Crippen LogP contribution in [0, 0.1) is 5.82 Å². The maximum Gasteiger partial charge on any atom is 0.319 e. The molecule has 4 aromatic rings. The lowest BCUT2D eigenvalue weighted by Crippen LogP contribution is -2.64. The van der Waals surface area contributed by atoms with E-state index >= 15 is 4.39 Å². The van der Waals surface area contributed by atoms with Gasteiger partial charge < -0.3 is 24.8 Å². The Bertz CT molecular complexity index is 1720. The van der Waals surface area contributed by atoms with Crippen molar-refractivity contribution in [2.24, 2.45) is 0 Å². The van der Waals surface area contributed by atoms with Crippen molar-refractivity contribution in [2.45, 2.75) is 42.8 Å². The molecule has 8 rings (SSSR count). The summed E-state index contributed by atoms with van der Waals surface area (Å²) in [6.45, 7) is 2.68. The first-order chi connectivity index (χ1) is 20.8. The summed E-state index contributed by atoms with van der Waals surface area (Å²) in [6.07, 6.45) is 1.15. The van der Waals surface area contributed by atoms with Crippen LogP contribution in [0.25, 0.3) is 32.8 Å². The van der Waals surface area contributed by atoms with Gasteiger partial charge in [0.25, 0.3) is 5.92 Å². The van der Waals surface area contributed by atoms with Gasteiger partial charge in [0.05, 0.1) is 37.4 Å². The molecular formula is C32H32F3N5O3. The summed E-state index contributed by atoms with van der Waals surface area (Å²) in [7, 11) is 0. The van der Waals surface area contributed by atoms with Crippen LogP contribution in [0.4, 0.5) is 19.0 Å². The molecule has 0 aliphatic carbocycles. The zero-order valence-electron chi connectivity index (χ0n) is 23.5. The number of morpholine rings is 1. The molecule has 4 aliphatic heterocycles. The van der Waals surface area contributed by atoms with Crippen LogP contribution in [0.15, 0.2) is 48.5 Å². The van der Waals surface area contributed by atoms with Crippen LogP contribution in [-0.4, -0.2) is 89.5 Å². The van der Waals surface area contributed by atoms with E-state index < -0.39 is 17.3 Å². The number of hydrogen-bond acceptors (Lipinski definition) is 8. The van der Waals surface area contributed by atoms with Crippen molar-refractivity contribution < 1.29 is 27.8 Å². The molecule has 11 heteroatoms. The predicted molar refractivity (Wildman–Crippen MR) is 156 cm³/mol. The van der Waals surface area contributed by atoms with Crippen molar-refractivity contribution >= 4 is 27.5 Å². The van der Waals surface area contributed by atoms with Gasteiger partial charge in [-0.2, -0.15) is 9.97 Å². The van der Waals surface area contributed by atoms with Gasteiger partial charge in [-0.1, -0.05) is 30.3 Å². The predicted octanol–water partition coefficient (Wildman–Crippen LogP) is 4.72. The lowest BCUT2D eigenvalue weighted by atomic mass is 9.94. The normalized spacial score (nSPS) is 26.7. The number of phenolic OH excluding ortho intramolecular Hbond substituents is 1. The molecule has 4 aliphatic rings. The van der Waals surface area contributed by atoms with Gasteiger partial charge in [-0.15, -0.1) is 0 Å². The Balaban J connectivity index is 1.26. The number of nitrogens with one attached hydrogen (secondary N) is 1. The Morgan fingerprint density at radius 2 is 1.84 bits per heavy atom. The van der Waals surface area contributed by atoms with E-state index in [-0.39, 0.29) is 54.5 Å². The number of alkyl halides is 2. The maximum absolute atomic E-state index is 16.7. The Morgan fingerprint density at radius 1 is 1.02 bits per heavy atom. The van der Waals surface area contributed by atoms with Gasteiger partial charge in [0, 0.05) is 30.5 Å². The quantitative estimate of drug-likeness (QED) is 0.345. The zero-order valence-corrected chi connectivity index (χ0v) is 23.5. The molecule has 3 aromatic carbocycles. The summed E-state index contributed by atoms with van der Waals surface area (Å²) in [5.74, 6) is -2.76. The van der Waals surface area contributed by atoms with E-state index in [2.05, 4.69) is 15.2 Å². The molecule has 1 aromatic heterocycles. The number of benzene rings is 3. The SMILES string of the molecule is Oc1cc(-c2ccc3c(N4[C@@H]5CNC[C@H]4COC5)nc(OCC45CCCN4CC(F)(F)C5)nc3c2F)c2ccccc2c1. The van der Waals surface area contributed by atoms with E-state index in [4.69, 9.17) is 14.5 Å². The Kier molecular flexibility index (Phi) is 6.22. The monoisotopic (exact) mass is 591 g/mol. The van der Waals surface area contributed by atoms with Crippen LogP contribution in [0.3, 0.4) is 0 Å². The standard InChI is InChI=1S/C32H32F3N5O3/c33-27-24(26-11-22(41)10-19-4-1-2-5-23(19)26)6-7-25-28(27)37-30(38-29(25)40-20-12-36-13-21(40)15-42-14-20)43-18-31-8-3-9-39(31)17-32(34,35)16-31/h1-2,4-7,10-11,20-21,36,41H,3,8-9,12-18H2/t20-,21+,31?. The highest BCUT2D eigenvalue weighted by Gasteiger charge is 2.57. The van der Waals surface area contributed by atoms with Crippen LogP contribution in [-0.2, 0) is 4.74 Å². The second-order valence-corrected chi connectivity index (χ2v) is 12.3. The second kappa shape index (κ2) is 9.93. The molecule has 4 saturated heterocycles. The number of anilines is 1. The van der Waals surface area contributed by atoms with Crippen LogP contribution in [0.1, 0.15) is 19.3 Å². The number of rotatable bonds is 5. The first-order valence-corrected chi connectivity index (χ1v) is 14.9. The minimum Gasteiger partial charge on any atom is -0.508 e. The van der Waals surface area contributed by atoms with E-state index in [0.717, 1.165) is 17.2 Å². The molecule has 43 heavy (non-hydrogen) atoms. The number of halogens is 3. The molecule has 0 radical (unpaired) electrons. The molecule has 8 nitrogen and oxygen atoms in total. The number of piperazine rings is 1. The van der Waals surface area contributed by atoms with Crippen molar-refractivity contribution in [2.75, 3.05) is 50.9 Å². The summed E-state index contributed by atoms with van der Waals surface area (Å²) in [5.41, 5.74) is 0.121. The molecule has 0 amide bonds. The molecule has 2 bridgehead atoms. The third-order valence-corrected chi connectivity index (χ3v) is 9.54. The minimum absolute atomic E-state index is 0.00354. The molecular weight excluding hydrogens is 559 g/mol. The summed E-state index contributed by atoms with van der Waals surface area (Å²) in [4.78, 5) is 13.4. The van der Waals surface area contributed by atoms with Crippen molar-refractivity contribution in [3.8, 4) is 22.9 Å². The number of ether oxygens (including phenoxy) is 2. The first-order valence-electron chi connectivity index (χ1n) is 14.9. The van der Waals surface area contributed by atoms with Crippen molar-refractivity contribution in [1.29, 1.82) is 0 Å². The van der Waals surface area contributed by atoms with E-state index in [1.165, 1.54) is 0 Å². The molecule has 5 heterocycles. The number of hydrogen-bond donors (Lipinski definition) is 2. The second-order valence-electron chi connectivity index (χ2n) is 12.3. The molecule has 224 valence electrons. The third kappa shape index (κ3) is 4.47. The van der Waals surface area contributed by atoms with Gasteiger partial charge in [-0.3, -0.25) is 4.90 Å². The van der Waals surface area contributed by atoms with Gasteiger partial charge in [-0.25, -0.2) is 13.2 Å². The fourth-order valence-electron chi connectivity index (χ4n) is 7.66. The fourth-order valence-corrected chi connectivity index (χ4v) is 7.66. The number of phenols is 1. The molecule has 0 spiro atoms. The number of fused-ring (bicyclic) bond motifs is 5. The smallest absolute Gasteiger partial charge is 0.319 e. The van der Waals surface area contributed by atoms with Crippen molar-refractivity contribution in [1.82, 2.24) is 20.2 Å². The average molecular weight is 592 g/mol. The summed E-state index contributed by atoms with van der Waals surface area (Å²) >= 11 is 0. The fraction of sp³-hybridized carbons (Fsp3) is 0.438. The maximum atomic E-state index is 16.7. The molecule has 3 atom stereocenters. The largest absolute Gasteiger partial charge is 0.508 e. The van der Waals surface area contributed by atoms with Crippen molar-refractivity contribution in [3.63, 3.8) is 0 Å². The van der Waals surface area contributed by atoms with Gasteiger partial charge in [0.2, 0.25) is 0 Å². The lowest BCUT2D eigenvalue weighted by molar-refractivity contribution is 0.00803. The highest BCUT2D eigenvalue weighted by molar-refractivity contribution is 6.01. The lowest BCUT2D eigenvalue weighted by Gasteiger charge is -2.47. The Hall–Kier alpha value is -3.67. The summed E-state index contributed by atoms with van der Waals surface area (Å²) < 4.78 is 57.6. The van der Waals surface area contributed by atoms with Gasteiger partial charge >= 0.3 is 6.01 Å². The highest BCUT2D eigenvalue weighted by Crippen LogP contribution is 2.46. The number of nitrogens with zero attached hydrogens (tertiary/aromatic N) is 4. The van der Waals surface area contributed by atoms with Gasteiger partial charge in [0.15, 0.2) is 5.82 Å². The Labute approximate surface area is 246 Å². The van der Waals surface area contributed by atoms with E-state index in [0.29, 0.717) is 56.0 Å². The van der Waals surface area contributed by atoms with E-state index in [1.807, 2.05) is 35.2 Å². The topological polar surface area (TPSA) is 83.0 Å². The van der Waals surface area contributed by atoms with E-state index in [9.17, 15) is 13.9 Å². The highest BCUT2D eigenvalue weighted by atomic mass is 19.3. The third-order valence-electron chi connectivity index (χ3n) is 9.54.